The van der Waals surface area contributed by atoms with E-state index in [0.717, 1.165) is 12.8 Å². The molecule has 0 aromatic heterocycles. The lowest BCUT2D eigenvalue weighted by atomic mass is 10.1. The quantitative estimate of drug-likeness (QED) is 0.325. The highest BCUT2D eigenvalue weighted by Gasteiger charge is 2.33. The molecule has 1 rings (SSSR count). The fourth-order valence-electron chi connectivity index (χ4n) is 2.60. The summed E-state index contributed by atoms with van der Waals surface area (Å²) in [5.74, 6) is -0.230. The molecule has 5 nitrogen and oxygen atoms in total. The van der Waals surface area contributed by atoms with Gasteiger partial charge in [-0.2, -0.15) is 0 Å². The van der Waals surface area contributed by atoms with Gasteiger partial charge in [0.2, 0.25) is 0 Å². The Hall–Kier alpha value is -0.380. The third-order valence-electron chi connectivity index (χ3n) is 3.96. The van der Waals surface area contributed by atoms with E-state index in [-0.39, 0.29) is 18.7 Å². The molecule has 1 aliphatic heterocycles. The molecule has 130 valence electrons. The zero-order valence-corrected chi connectivity index (χ0v) is 14.7. The van der Waals surface area contributed by atoms with Crippen molar-refractivity contribution in [1.82, 2.24) is 0 Å². The number of esters is 1. The summed E-state index contributed by atoms with van der Waals surface area (Å²) in [6.45, 7) is 2.32. The maximum atomic E-state index is 11.6. The van der Waals surface area contributed by atoms with E-state index in [1.165, 1.54) is 44.9 Å². The van der Waals surface area contributed by atoms with Crippen molar-refractivity contribution in [1.29, 1.82) is 0 Å². The molecule has 0 aromatic rings. The summed E-state index contributed by atoms with van der Waals surface area (Å²) in [4.78, 5) is 20.8. The number of carbonyl (C=O) groups excluding carboxylic acids is 1. The topological polar surface area (TPSA) is 72.8 Å². The van der Waals surface area contributed by atoms with Crippen molar-refractivity contribution in [3.8, 4) is 0 Å². The SMILES string of the molecule is CCCCCCCCCCCC(=O)OCC1CCP(=O)(O)O1. The lowest BCUT2D eigenvalue weighted by Crippen LogP contribution is -2.17. The number of hydrogen-bond donors (Lipinski definition) is 1. The molecular formula is C16H31O5P. The molecule has 22 heavy (non-hydrogen) atoms. The van der Waals surface area contributed by atoms with Crippen LogP contribution in [-0.2, 0) is 18.6 Å². The van der Waals surface area contributed by atoms with Crippen molar-refractivity contribution < 1.29 is 23.5 Å². The second-order valence-electron chi connectivity index (χ2n) is 6.14. The lowest BCUT2D eigenvalue weighted by Gasteiger charge is -2.10. The van der Waals surface area contributed by atoms with Gasteiger partial charge < -0.3 is 14.2 Å². The summed E-state index contributed by atoms with van der Waals surface area (Å²) >= 11 is 0. The molecule has 0 aromatic carbocycles. The maximum absolute atomic E-state index is 11.6. The van der Waals surface area contributed by atoms with Crippen molar-refractivity contribution >= 4 is 13.6 Å². The van der Waals surface area contributed by atoms with Crippen LogP contribution in [0.1, 0.15) is 77.6 Å². The largest absolute Gasteiger partial charge is 0.463 e. The fraction of sp³-hybridized carbons (Fsp3) is 0.938. The number of ether oxygens (including phenoxy) is 1. The lowest BCUT2D eigenvalue weighted by molar-refractivity contribution is -0.146. The standard InChI is InChI=1S/C16H31O5P/c1-2-3-4-5-6-7-8-9-10-11-16(17)20-14-15-12-13-22(18,19)21-15/h15H,2-14H2,1H3,(H,18,19). The molecule has 0 bridgehead atoms. The minimum Gasteiger partial charge on any atom is -0.463 e. The Kier molecular flexibility index (Phi) is 10.0. The van der Waals surface area contributed by atoms with Crippen LogP contribution in [0.4, 0.5) is 0 Å². The van der Waals surface area contributed by atoms with Crippen LogP contribution in [0.15, 0.2) is 0 Å². The first kappa shape index (κ1) is 19.7. The van der Waals surface area contributed by atoms with Crippen LogP contribution in [0.5, 0.6) is 0 Å². The average Bonchev–Trinajstić information content (AvgIpc) is 2.83. The van der Waals surface area contributed by atoms with Crippen LogP contribution in [0.25, 0.3) is 0 Å². The van der Waals surface area contributed by atoms with Crippen molar-refractivity contribution in [2.45, 2.75) is 83.7 Å². The fourth-order valence-corrected chi connectivity index (χ4v) is 3.95. The van der Waals surface area contributed by atoms with Gasteiger partial charge in [0.1, 0.15) is 12.7 Å². The van der Waals surface area contributed by atoms with Gasteiger partial charge in [0.15, 0.2) is 0 Å². The molecule has 0 saturated carbocycles. The minimum absolute atomic E-state index is 0.0980. The first-order valence-electron chi connectivity index (χ1n) is 8.69. The first-order chi connectivity index (χ1) is 10.5. The molecule has 0 radical (unpaired) electrons. The van der Waals surface area contributed by atoms with Crippen molar-refractivity contribution in [2.24, 2.45) is 0 Å². The van der Waals surface area contributed by atoms with Crippen LogP contribution in [0.2, 0.25) is 0 Å². The Labute approximate surface area is 134 Å². The summed E-state index contributed by atoms with van der Waals surface area (Å²) in [6, 6.07) is 0. The van der Waals surface area contributed by atoms with Gasteiger partial charge in [-0.25, -0.2) is 0 Å². The van der Waals surface area contributed by atoms with Crippen LogP contribution in [0.3, 0.4) is 0 Å². The smallest absolute Gasteiger partial charge is 0.328 e. The summed E-state index contributed by atoms with van der Waals surface area (Å²) in [5, 5.41) is 0. The van der Waals surface area contributed by atoms with E-state index in [1.54, 1.807) is 0 Å². The van der Waals surface area contributed by atoms with E-state index in [1.807, 2.05) is 0 Å². The van der Waals surface area contributed by atoms with E-state index in [2.05, 4.69) is 6.92 Å². The monoisotopic (exact) mass is 334 g/mol. The molecule has 1 saturated heterocycles. The Bertz CT molecular complexity index is 358. The minimum atomic E-state index is -3.39. The molecule has 2 atom stereocenters. The third-order valence-corrected chi connectivity index (χ3v) is 5.41. The Morgan fingerprint density at radius 3 is 2.27 bits per heavy atom. The number of unbranched alkanes of at least 4 members (excludes halogenated alkanes) is 8. The second-order valence-corrected chi connectivity index (χ2v) is 8.07. The van der Waals surface area contributed by atoms with Crippen LogP contribution >= 0.6 is 7.60 Å². The summed E-state index contributed by atoms with van der Waals surface area (Å²) in [6.07, 6.45) is 11.6. The van der Waals surface area contributed by atoms with E-state index in [9.17, 15) is 14.3 Å². The maximum Gasteiger partial charge on any atom is 0.328 e. The van der Waals surface area contributed by atoms with Gasteiger partial charge in [-0.05, 0) is 12.8 Å². The normalized spacial score (nSPS) is 24.5. The van der Waals surface area contributed by atoms with Gasteiger partial charge in [-0.1, -0.05) is 58.3 Å². The molecule has 1 N–H and O–H groups in total. The molecule has 0 spiro atoms. The summed E-state index contributed by atoms with van der Waals surface area (Å²) in [5.41, 5.74) is 0. The number of hydrogen-bond acceptors (Lipinski definition) is 4. The molecule has 1 fully saturated rings. The molecule has 1 aliphatic rings. The van der Waals surface area contributed by atoms with Gasteiger partial charge in [0, 0.05) is 6.42 Å². The predicted octanol–water partition coefficient (Wildman–Crippen LogP) is 4.42. The molecule has 2 unspecified atom stereocenters. The van der Waals surface area contributed by atoms with Crippen molar-refractivity contribution in [3.63, 3.8) is 0 Å². The zero-order valence-electron chi connectivity index (χ0n) is 13.8. The molecule has 1 heterocycles. The zero-order chi connectivity index (χ0) is 16.3. The van der Waals surface area contributed by atoms with Gasteiger partial charge in [-0.15, -0.1) is 0 Å². The highest BCUT2D eigenvalue weighted by molar-refractivity contribution is 7.53. The first-order valence-corrected chi connectivity index (χ1v) is 10.5. The van der Waals surface area contributed by atoms with E-state index in [0.29, 0.717) is 12.8 Å². The highest BCUT2D eigenvalue weighted by Crippen LogP contribution is 2.50. The molecule has 0 amide bonds. The van der Waals surface area contributed by atoms with Gasteiger partial charge in [0.25, 0.3) is 0 Å². The van der Waals surface area contributed by atoms with Crippen LogP contribution in [0, 0.1) is 0 Å². The summed E-state index contributed by atoms with van der Waals surface area (Å²) < 4.78 is 21.2. The van der Waals surface area contributed by atoms with E-state index < -0.39 is 13.7 Å². The number of rotatable bonds is 12. The van der Waals surface area contributed by atoms with Crippen molar-refractivity contribution in [2.75, 3.05) is 12.8 Å². The molecular weight excluding hydrogens is 303 g/mol. The van der Waals surface area contributed by atoms with Crippen LogP contribution in [-0.4, -0.2) is 29.7 Å². The highest BCUT2D eigenvalue weighted by atomic mass is 31.2. The van der Waals surface area contributed by atoms with Crippen LogP contribution < -0.4 is 0 Å². The Morgan fingerprint density at radius 2 is 1.73 bits per heavy atom. The predicted molar refractivity (Wildman–Crippen MR) is 87.0 cm³/mol. The van der Waals surface area contributed by atoms with Gasteiger partial charge in [-0.3, -0.25) is 9.36 Å². The third kappa shape index (κ3) is 9.60. The second kappa shape index (κ2) is 11.2. The Morgan fingerprint density at radius 1 is 1.14 bits per heavy atom. The van der Waals surface area contributed by atoms with Gasteiger partial charge >= 0.3 is 13.6 Å². The molecule has 0 aliphatic carbocycles. The van der Waals surface area contributed by atoms with Crippen molar-refractivity contribution in [3.05, 3.63) is 0 Å². The molecule has 6 heteroatoms. The van der Waals surface area contributed by atoms with E-state index >= 15 is 0 Å². The number of carbonyl (C=O) groups is 1. The van der Waals surface area contributed by atoms with Gasteiger partial charge in [0.05, 0.1) is 6.16 Å². The van der Waals surface area contributed by atoms with E-state index in [4.69, 9.17) is 9.26 Å². The summed E-state index contributed by atoms with van der Waals surface area (Å²) in [7, 11) is -3.39. The Balaban J connectivity index is 1.88. The average molecular weight is 334 g/mol.